The van der Waals surface area contributed by atoms with E-state index < -0.39 is 11.9 Å². The average molecular weight is 302 g/mol. The molecule has 0 bridgehead atoms. The third kappa shape index (κ3) is 2.12. The number of carbonyl (C=O) groups excluding carboxylic acids is 2. The summed E-state index contributed by atoms with van der Waals surface area (Å²) >= 11 is 0. The smallest absolute Gasteiger partial charge is 0.373 e. The van der Waals surface area contributed by atoms with E-state index in [1.807, 2.05) is 0 Å². The Kier molecular flexibility index (Phi) is 3.17. The van der Waals surface area contributed by atoms with E-state index in [9.17, 15) is 14.4 Å². The van der Waals surface area contributed by atoms with Crippen molar-refractivity contribution in [3.63, 3.8) is 0 Å². The average Bonchev–Trinajstić information content (AvgIpc) is 2.97. The Hall–Kier alpha value is -3.09. The number of methoxy groups -OCH3 is 2. The molecule has 0 spiro atoms. The minimum atomic E-state index is -0.632. The highest BCUT2D eigenvalue weighted by molar-refractivity contribution is 5.94. The SMILES string of the molecule is COC(=O)c1ccc(-c2c(-c3ccc(C(=O)OC)o3)c2=O)o1. The van der Waals surface area contributed by atoms with E-state index in [0.717, 1.165) is 0 Å². The molecule has 112 valence electrons. The lowest BCUT2D eigenvalue weighted by atomic mass is 10.3. The molecule has 0 aliphatic carbocycles. The highest BCUT2D eigenvalue weighted by Gasteiger charge is 2.31. The van der Waals surface area contributed by atoms with Crippen molar-refractivity contribution in [2.75, 3.05) is 14.2 Å². The first-order valence-corrected chi connectivity index (χ1v) is 6.22. The number of carbonyl (C=O) groups is 2. The molecule has 0 fully saturated rings. The van der Waals surface area contributed by atoms with Crippen molar-refractivity contribution in [1.29, 1.82) is 0 Å². The van der Waals surface area contributed by atoms with Crippen LogP contribution in [-0.2, 0) is 9.47 Å². The van der Waals surface area contributed by atoms with Gasteiger partial charge < -0.3 is 18.3 Å². The zero-order valence-electron chi connectivity index (χ0n) is 11.7. The third-order valence-corrected chi connectivity index (χ3v) is 3.12. The van der Waals surface area contributed by atoms with Crippen molar-refractivity contribution >= 4 is 11.9 Å². The van der Waals surface area contributed by atoms with Gasteiger partial charge in [-0.1, -0.05) is 0 Å². The van der Waals surface area contributed by atoms with E-state index in [2.05, 4.69) is 9.47 Å². The molecule has 1 aromatic carbocycles. The lowest BCUT2D eigenvalue weighted by molar-refractivity contribution is 0.0558. The van der Waals surface area contributed by atoms with E-state index in [1.165, 1.54) is 38.5 Å². The Balaban J connectivity index is 1.90. The molecule has 0 atom stereocenters. The van der Waals surface area contributed by atoms with Crippen molar-refractivity contribution < 1.29 is 27.9 Å². The molecule has 0 N–H and O–H groups in total. The van der Waals surface area contributed by atoms with E-state index in [-0.39, 0.29) is 28.5 Å². The number of hydrogen-bond donors (Lipinski definition) is 0. The summed E-state index contributed by atoms with van der Waals surface area (Å²) in [5, 5.41) is 0. The van der Waals surface area contributed by atoms with Crippen molar-refractivity contribution in [2.24, 2.45) is 0 Å². The van der Waals surface area contributed by atoms with Crippen molar-refractivity contribution in [3.8, 4) is 22.6 Å². The molecule has 2 heterocycles. The fourth-order valence-corrected chi connectivity index (χ4v) is 2.01. The van der Waals surface area contributed by atoms with Gasteiger partial charge in [-0.05, 0) is 24.3 Å². The van der Waals surface area contributed by atoms with Gasteiger partial charge in [-0.15, -0.1) is 0 Å². The van der Waals surface area contributed by atoms with Gasteiger partial charge in [-0.2, -0.15) is 0 Å². The molecular formula is C15H10O7. The lowest BCUT2D eigenvalue weighted by Gasteiger charge is -1.92. The van der Waals surface area contributed by atoms with Crippen LogP contribution in [0.25, 0.3) is 22.6 Å². The second-order valence-electron chi connectivity index (χ2n) is 4.39. The molecule has 0 radical (unpaired) electrons. The summed E-state index contributed by atoms with van der Waals surface area (Å²) in [6, 6.07) is 5.83. The maximum atomic E-state index is 11.9. The summed E-state index contributed by atoms with van der Waals surface area (Å²) in [4.78, 5) is 34.5. The van der Waals surface area contributed by atoms with Gasteiger partial charge in [0.2, 0.25) is 16.9 Å². The summed E-state index contributed by atoms with van der Waals surface area (Å²) in [5.74, 6) is -0.773. The summed E-state index contributed by atoms with van der Waals surface area (Å²) in [6.45, 7) is 0. The van der Waals surface area contributed by atoms with Crippen LogP contribution >= 0.6 is 0 Å². The van der Waals surface area contributed by atoms with E-state index >= 15 is 0 Å². The highest BCUT2D eigenvalue weighted by atomic mass is 16.5. The van der Waals surface area contributed by atoms with Crippen molar-refractivity contribution in [2.45, 2.75) is 0 Å². The minimum Gasteiger partial charge on any atom is -0.463 e. The molecule has 0 unspecified atom stereocenters. The summed E-state index contributed by atoms with van der Waals surface area (Å²) in [7, 11) is 2.46. The first-order valence-electron chi connectivity index (χ1n) is 6.22. The Labute approximate surface area is 123 Å². The van der Waals surface area contributed by atoms with E-state index in [1.54, 1.807) is 0 Å². The van der Waals surface area contributed by atoms with Crippen LogP contribution in [0.3, 0.4) is 0 Å². The van der Waals surface area contributed by atoms with Crippen LogP contribution in [0.4, 0.5) is 0 Å². The molecule has 2 aromatic heterocycles. The Morgan fingerprint density at radius 3 is 1.59 bits per heavy atom. The molecule has 3 rings (SSSR count). The Morgan fingerprint density at radius 2 is 1.23 bits per heavy atom. The van der Waals surface area contributed by atoms with Crippen molar-refractivity contribution in [1.82, 2.24) is 0 Å². The van der Waals surface area contributed by atoms with Gasteiger partial charge in [0.05, 0.1) is 25.3 Å². The van der Waals surface area contributed by atoms with Crippen LogP contribution in [0, 0.1) is 0 Å². The normalized spacial score (nSPS) is 10.8. The zero-order valence-corrected chi connectivity index (χ0v) is 11.7. The first kappa shape index (κ1) is 13.9. The molecule has 7 nitrogen and oxygen atoms in total. The molecule has 3 aromatic rings. The van der Waals surface area contributed by atoms with Gasteiger partial charge in [0, 0.05) is 0 Å². The second kappa shape index (κ2) is 5.03. The quantitative estimate of drug-likeness (QED) is 0.680. The minimum absolute atomic E-state index is 0.00116. The summed E-state index contributed by atoms with van der Waals surface area (Å²) in [5.41, 5.74) is 0.346. The predicted octanol–water partition coefficient (Wildman–Crippen LogP) is 2.02. The van der Waals surface area contributed by atoms with Crippen molar-refractivity contribution in [3.05, 3.63) is 46.0 Å². The summed E-state index contributed by atoms with van der Waals surface area (Å²) < 4.78 is 19.6. The monoisotopic (exact) mass is 302 g/mol. The third-order valence-electron chi connectivity index (χ3n) is 3.12. The molecular weight excluding hydrogens is 292 g/mol. The molecule has 7 heteroatoms. The predicted molar refractivity (Wildman–Crippen MR) is 73.2 cm³/mol. The zero-order chi connectivity index (χ0) is 15.9. The van der Waals surface area contributed by atoms with Gasteiger partial charge in [0.25, 0.3) is 0 Å². The van der Waals surface area contributed by atoms with Crippen LogP contribution in [0.15, 0.2) is 37.9 Å². The van der Waals surface area contributed by atoms with Crippen LogP contribution in [0.2, 0.25) is 0 Å². The molecule has 0 aliphatic heterocycles. The fraction of sp³-hybridized carbons (Fsp3) is 0.133. The van der Waals surface area contributed by atoms with Crippen LogP contribution < -0.4 is 5.43 Å². The Morgan fingerprint density at radius 1 is 0.818 bits per heavy atom. The molecule has 0 amide bonds. The van der Waals surface area contributed by atoms with E-state index in [4.69, 9.17) is 8.83 Å². The number of rotatable bonds is 4. The number of ether oxygens (including phenoxy) is 2. The van der Waals surface area contributed by atoms with Gasteiger partial charge in [0.1, 0.15) is 11.5 Å². The topological polar surface area (TPSA) is 96.0 Å². The van der Waals surface area contributed by atoms with E-state index in [0.29, 0.717) is 11.1 Å². The molecule has 0 aliphatic rings. The van der Waals surface area contributed by atoms with Gasteiger partial charge in [-0.25, -0.2) is 9.59 Å². The van der Waals surface area contributed by atoms with Crippen LogP contribution in [0.1, 0.15) is 21.1 Å². The molecule has 0 saturated heterocycles. The maximum absolute atomic E-state index is 11.9. The molecule has 0 saturated carbocycles. The number of hydrogen-bond acceptors (Lipinski definition) is 7. The number of esters is 2. The maximum Gasteiger partial charge on any atom is 0.373 e. The first-order chi connectivity index (χ1) is 10.6. The lowest BCUT2D eigenvalue weighted by Crippen LogP contribution is -1.98. The standard InChI is InChI=1S/C15H10O7/c1-19-14(17)9-5-3-7(21-9)11-12(13(11)16)8-4-6-10(22-8)15(18)20-2/h3-6H,1-2H3. The van der Waals surface area contributed by atoms with Gasteiger partial charge >= 0.3 is 11.9 Å². The number of furan rings is 2. The van der Waals surface area contributed by atoms with Gasteiger partial charge in [-0.3, -0.25) is 4.79 Å². The summed E-state index contributed by atoms with van der Waals surface area (Å²) in [6.07, 6.45) is 0. The largest absolute Gasteiger partial charge is 0.463 e. The van der Waals surface area contributed by atoms with Gasteiger partial charge in [0.15, 0.2) is 0 Å². The fourth-order valence-electron chi connectivity index (χ4n) is 2.01. The Bertz CT molecular complexity index is 801. The molecule has 22 heavy (non-hydrogen) atoms. The van der Waals surface area contributed by atoms with Crippen LogP contribution in [-0.4, -0.2) is 26.2 Å². The van der Waals surface area contributed by atoms with Crippen LogP contribution in [0.5, 0.6) is 0 Å². The highest BCUT2D eigenvalue weighted by Crippen LogP contribution is 2.36. The second-order valence-corrected chi connectivity index (χ2v) is 4.39.